The molecule has 0 saturated carbocycles. The van der Waals surface area contributed by atoms with Crippen LogP contribution in [0.3, 0.4) is 0 Å². The van der Waals surface area contributed by atoms with E-state index in [1.165, 1.54) is 0 Å². The summed E-state index contributed by atoms with van der Waals surface area (Å²) >= 11 is 0. The van der Waals surface area contributed by atoms with Crippen molar-refractivity contribution >= 4 is 5.69 Å². The highest BCUT2D eigenvalue weighted by atomic mass is 15.2. The molecule has 1 saturated heterocycles. The molecule has 1 aliphatic heterocycles. The number of rotatable bonds is 1. The molecular weight excluding hydrogens is 176 g/mol. The summed E-state index contributed by atoms with van der Waals surface area (Å²) < 4.78 is 0. The number of nitriles is 1. The maximum Gasteiger partial charge on any atom is 0.142 e. The standard InChI is InChI=1S/C10H12N4/c11-6-9-5-10(1-3-13-9)14-4-2-8(12)7-14/h1,3,5,8H,2,4,7,12H2. The lowest BCUT2D eigenvalue weighted by molar-refractivity contribution is 0.752. The SMILES string of the molecule is N#Cc1cc(N2CCC(N)C2)ccn1. The molecular formula is C10H12N4. The Morgan fingerprint density at radius 1 is 1.64 bits per heavy atom. The molecule has 4 nitrogen and oxygen atoms in total. The van der Waals surface area contributed by atoms with Crippen LogP contribution in [-0.4, -0.2) is 24.1 Å². The molecule has 0 radical (unpaired) electrons. The van der Waals surface area contributed by atoms with Crippen LogP contribution >= 0.6 is 0 Å². The highest BCUT2D eigenvalue weighted by Gasteiger charge is 2.19. The molecule has 1 fully saturated rings. The van der Waals surface area contributed by atoms with Gasteiger partial charge >= 0.3 is 0 Å². The Morgan fingerprint density at radius 3 is 3.14 bits per heavy atom. The highest BCUT2D eigenvalue weighted by molar-refractivity contribution is 5.49. The van der Waals surface area contributed by atoms with Gasteiger partial charge in [-0.05, 0) is 18.6 Å². The van der Waals surface area contributed by atoms with E-state index in [1.54, 1.807) is 12.3 Å². The summed E-state index contributed by atoms with van der Waals surface area (Å²) in [6.07, 6.45) is 2.68. The Bertz CT molecular complexity index is 369. The van der Waals surface area contributed by atoms with E-state index in [1.807, 2.05) is 12.1 Å². The summed E-state index contributed by atoms with van der Waals surface area (Å²) in [6, 6.07) is 6.01. The lowest BCUT2D eigenvalue weighted by Gasteiger charge is -2.17. The monoisotopic (exact) mass is 188 g/mol. The minimum Gasteiger partial charge on any atom is -0.370 e. The molecule has 0 spiro atoms. The fourth-order valence-electron chi connectivity index (χ4n) is 1.70. The smallest absolute Gasteiger partial charge is 0.142 e. The molecule has 0 aliphatic carbocycles. The third kappa shape index (κ3) is 1.68. The van der Waals surface area contributed by atoms with Gasteiger partial charge in [0.15, 0.2) is 0 Å². The van der Waals surface area contributed by atoms with E-state index in [0.29, 0.717) is 5.69 Å². The molecule has 1 aliphatic rings. The Labute approximate surface area is 83.0 Å². The maximum atomic E-state index is 8.70. The Morgan fingerprint density at radius 2 is 2.50 bits per heavy atom. The largest absolute Gasteiger partial charge is 0.370 e. The van der Waals surface area contributed by atoms with E-state index < -0.39 is 0 Å². The van der Waals surface area contributed by atoms with Crippen LogP contribution in [0.5, 0.6) is 0 Å². The Hall–Kier alpha value is -1.60. The molecule has 72 valence electrons. The van der Waals surface area contributed by atoms with Crippen molar-refractivity contribution in [3.63, 3.8) is 0 Å². The molecule has 1 aromatic heterocycles. The summed E-state index contributed by atoms with van der Waals surface area (Å²) in [7, 11) is 0. The number of nitrogens with two attached hydrogens (primary N) is 1. The van der Waals surface area contributed by atoms with Gasteiger partial charge in [-0.3, -0.25) is 0 Å². The first-order valence-electron chi connectivity index (χ1n) is 4.66. The normalized spacial score (nSPS) is 20.9. The lowest BCUT2D eigenvalue weighted by Crippen LogP contribution is -2.26. The molecule has 2 heterocycles. The zero-order valence-electron chi connectivity index (χ0n) is 7.85. The van der Waals surface area contributed by atoms with Gasteiger partial charge in [0.05, 0.1) is 0 Å². The van der Waals surface area contributed by atoms with Crippen molar-refractivity contribution in [2.45, 2.75) is 12.5 Å². The van der Waals surface area contributed by atoms with Gasteiger partial charge in [-0.15, -0.1) is 0 Å². The summed E-state index contributed by atoms with van der Waals surface area (Å²) in [6.45, 7) is 1.84. The second kappa shape index (κ2) is 3.64. The van der Waals surface area contributed by atoms with Gasteiger partial charge in [0.25, 0.3) is 0 Å². The van der Waals surface area contributed by atoms with Gasteiger partial charge < -0.3 is 10.6 Å². The molecule has 0 bridgehead atoms. The van der Waals surface area contributed by atoms with Crippen LogP contribution in [0.15, 0.2) is 18.3 Å². The van der Waals surface area contributed by atoms with Crippen molar-refractivity contribution in [3.8, 4) is 6.07 Å². The number of hydrogen-bond acceptors (Lipinski definition) is 4. The summed E-state index contributed by atoms with van der Waals surface area (Å²) in [5, 5.41) is 8.70. The van der Waals surface area contributed by atoms with Crippen LogP contribution in [0.1, 0.15) is 12.1 Å². The molecule has 0 amide bonds. The van der Waals surface area contributed by atoms with Gasteiger partial charge in [-0.25, -0.2) is 4.98 Å². The highest BCUT2D eigenvalue weighted by Crippen LogP contribution is 2.19. The predicted octanol–water partition coefficient (Wildman–Crippen LogP) is 0.491. The summed E-state index contributed by atoms with van der Waals surface area (Å²) in [5.41, 5.74) is 7.32. The molecule has 14 heavy (non-hydrogen) atoms. The number of hydrogen-bond donors (Lipinski definition) is 1. The van der Waals surface area contributed by atoms with Crippen LogP contribution in [0.25, 0.3) is 0 Å². The topological polar surface area (TPSA) is 65.9 Å². The number of nitrogens with zero attached hydrogens (tertiary/aromatic N) is 3. The van der Waals surface area contributed by atoms with Crippen LogP contribution in [0, 0.1) is 11.3 Å². The number of pyridine rings is 1. The zero-order chi connectivity index (χ0) is 9.97. The fraction of sp³-hybridized carbons (Fsp3) is 0.400. The van der Waals surface area contributed by atoms with Gasteiger partial charge in [0, 0.05) is 31.0 Å². The van der Waals surface area contributed by atoms with Gasteiger partial charge in [-0.1, -0.05) is 0 Å². The summed E-state index contributed by atoms with van der Waals surface area (Å²) in [5.74, 6) is 0. The van der Waals surface area contributed by atoms with E-state index in [-0.39, 0.29) is 6.04 Å². The van der Waals surface area contributed by atoms with Crippen molar-refractivity contribution in [2.75, 3.05) is 18.0 Å². The number of anilines is 1. The van der Waals surface area contributed by atoms with Crippen molar-refractivity contribution in [2.24, 2.45) is 5.73 Å². The van der Waals surface area contributed by atoms with Crippen LogP contribution in [0.2, 0.25) is 0 Å². The van der Waals surface area contributed by atoms with Gasteiger partial charge in [-0.2, -0.15) is 5.26 Å². The molecule has 1 aromatic rings. The second-order valence-corrected chi connectivity index (χ2v) is 3.51. The first-order chi connectivity index (χ1) is 6.79. The molecule has 1 unspecified atom stereocenters. The summed E-state index contributed by atoms with van der Waals surface area (Å²) in [4.78, 5) is 6.12. The number of aromatic nitrogens is 1. The quantitative estimate of drug-likeness (QED) is 0.696. The van der Waals surface area contributed by atoms with E-state index in [2.05, 4.69) is 9.88 Å². The average molecular weight is 188 g/mol. The third-order valence-electron chi connectivity index (χ3n) is 2.45. The first kappa shape index (κ1) is 8.97. The Balaban J connectivity index is 2.20. The second-order valence-electron chi connectivity index (χ2n) is 3.51. The maximum absolute atomic E-state index is 8.70. The molecule has 0 aromatic carbocycles. The van der Waals surface area contributed by atoms with Gasteiger partial charge in [0.1, 0.15) is 11.8 Å². The van der Waals surface area contributed by atoms with Crippen LogP contribution < -0.4 is 10.6 Å². The van der Waals surface area contributed by atoms with E-state index in [0.717, 1.165) is 25.2 Å². The van der Waals surface area contributed by atoms with Crippen molar-refractivity contribution < 1.29 is 0 Å². The van der Waals surface area contributed by atoms with E-state index in [9.17, 15) is 0 Å². The van der Waals surface area contributed by atoms with E-state index in [4.69, 9.17) is 11.0 Å². The average Bonchev–Trinajstić information content (AvgIpc) is 2.65. The van der Waals surface area contributed by atoms with Gasteiger partial charge in [0.2, 0.25) is 0 Å². The minimum absolute atomic E-state index is 0.258. The van der Waals surface area contributed by atoms with Crippen molar-refractivity contribution in [1.82, 2.24) is 4.98 Å². The molecule has 1 atom stereocenters. The lowest BCUT2D eigenvalue weighted by atomic mass is 10.3. The first-order valence-corrected chi connectivity index (χ1v) is 4.66. The molecule has 2 rings (SSSR count). The van der Waals surface area contributed by atoms with Crippen LogP contribution in [0.4, 0.5) is 5.69 Å². The molecule has 2 N–H and O–H groups in total. The predicted molar refractivity (Wildman–Crippen MR) is 53.8 cm³/mol. The third-order valence-corrected chi connectivity index (χ3v) is 2.45. The van der Waals surface area contributed by atoms with E-state index >= 15 is 0 Å². The van der Waals surface area contributed by atoms with Crippen molar-refractivity contribution in [1.29, 1.82) is 5.26 Å². The molecule has 4 heteroatoms. The minimum atomic E-state index is 0.258. The van der Waals surface area contributed by atoms with Crippen molar-refractivity contribution in [3.05, 3.63) is 24.0 Å². The fourth-order valence-corrected chi connectivity index (χ4v) is 1.70. The Kier molecular flexibility index (Phi) is 2.33. The van der Waals surface area contributed by atoms with Crippen LogP contribution in [-0.2, 0) is 0 Å². The zero-order valence-corrected chi connectivity index (χ0v) is 7.85.